The smallest absolute Gasteiger partial charge is 0.295 e. The van der Waals surface area contributed by atoms with E-state index in [4.69, 9.17) is 16.3 Å². The normalized spacial score (nSPS) is 17.2. The van der Waals surface area contributed by atoms with Crippen LogP contribution >= 0.6 is 11.6 Å². The van der Waals surface area contributed by atoms with Gasteiger partial charge in [-0.3, -0.25) is 9.59 Å². The number of hydrogen-bond acceptors (Lipinski definition) is 4. The van der Waals surface area contributed by atoms with Crippen molar-refractivity contribution in [3.63, 3.8) is 0 Å². The first-order valence-corrected chi connectivity index (χ1v) is 11.7. The summed E-state index contributed by atoms with van der Waals surface area (Å²) < 4.78 is 5.68. The lowest BCUT2D eigenvalue weighted by Gasteiger charge is -2.25. The Bertz CT molecular complexity index is 1190. The third kappa shape index (κ3) is 5.00. The molecule has 1 aliphatic heterocycles. The van der Waals surface area contributed by atoms with E-state index in [0.717, 1.165) is 17.5 Å². The number of halogens is 1. The van der Waals surface area contributed by atoms with E-state index in [0.29, 0.717) is 35.9 Å². The second-order valence-corrected chi connectivity index (χ2v) is 8.59. The van der Waals surface area contributed by atoms with Crippen LogP contribution in [0.1, 0.15) is 36.1 Å². The number of ketones is 1. The van der Waals surface area contributed by atoms with Gasteiger partial charge in [-0.25, -0.2) is 0 Å². The zero-order valence-corrected chi connectivity index (χ0v) is 19.7. The summed E-state index contributed by atoms with van der Waals surface area (Å²) >= 11 is 5.99. The molecule has 3 aromatic rings. The van der Waals surface area contributed by atoms with E-state index in [1.54, 1.807) is 29.2 Å². The molecule has 0 spiro atoms. The molecule has 34 heavy (non-hydrogen) atoms. The Hall–Kier alpha value is -3.57. The van der Waals surface area contributed by atoms with Gasteiger partial charge in [-0.2, -0.15) is 0 Å². The van der Waals surface area contributed by atoms with E-state index in [9.17, 15) is 14.7 Å². The third-order valence-electron chi connectivity index (χ3n) is 5.81. The lowest BCUT2D eigenvalue weighted by Crippen LogP contribution is -2.31. The maximum absolute atomic E-state index is 13.1. The Balaban J connectivity index is 1.74. The predicted octanol–water partition coefficient (Wildman–Crippen LogP) is 5.79. The van der Waals surface area contributed by atoms with Gasteiger partial charge in [-0.15, -0.1) is 0 Å². The summed E-state index contributed by atoms with van der Waals surface area (Å²) in [6, 6.07) is 22.9. The minimum atomic E-state index is -0.709. The summed E-state index contributed by atoms with van der Waals surface area (Å²) in [7, 11) is 0. The van der Waals surface area contributed by atoms with E-state index in [-0.39, 0.29) is 11.3 Å². The quantitative estimate of drug-likeness (QED) is 0.254. The maximum Gasteiger partial charge on any atom is 0.295 e. The van der Waals surface area contributed by atoms with Crippen molar-refractivity contribution in [3.8, 4) is 5.75 Å². The van der Waals surface area contributed by atoms with Gasteiger partial charge < -0.3 is 14.7 Å². The molecule has 0 bridgehead atoms. The first-order valence-electron chi connectivity index (χ1n) is 11.3. The topological polar surface area (TPSA) is 66.8 Å². The summed E-state index contributed by atoms with van der Waals surface area (Å²) in [5, 5.41) is 11.6. The van der Waals surface area contributed by atoms with Crippen LogP contribution in [0.3, 0.4) is 0 Å². The number of rotatable bonds is 8. The van der Waals surface area contributed by atoms with E-state index in [1.165, 1.54) is 0 Å². The molecule has 1 fully saturated rings. The Labute approximate surface area is 204 Å². The minimum Gasteiger partial charge on any atom is -0.507 e. The number of carbonyl (C=O) groups is 2. The number of aliphatic hydroxyl groups is 1. The van der Waals surface area contributed by atoms with Crippen LogP contribution in [-0.4, -0.2) is 34.8 Å². The monoisotopic (exact) mass is 475 g/mol. The molecular formula is C28H26ClNO4. The van der Waals surface area contributed by atoms with Gasteiger partial charge in [-0.1, -0.05) is 61.0 Å². The van der Waals surface area contributed by atoms with E-state index in [1.807, 2.05) is 61.5 Å². The molecule has 0 aliphatic carbocycles. The van der Waals surface area contributed by atoms with Crippen molar-refractivity contribution in [2.75, 3.05) is 13.2 Å². The van der Waals surface area contributed by atoms with Crippen molar-refractivity contribution < 1.29 is 19.4 Å². The number of benzene rings is 3. The number of ether oxygens (including phenoxy) is 1. The van der Waals surface area contributed by atoms with Crippen molar-refractivity contribution in [2.24, 2.45) is 0 Å². The highest BCUT2D eigenvalue weighted by Crippen LogP contribution is 2.40. The number of Topliss-reactive ketones (excluding diaryl/α,β-unsaturated/α-hetero) is 1. The van der Waals surface area contributed by atoms with Gasteiger partial charge in [0, 0.05) is 17.1 Å². The lowest BCUT2D eigenvalue weighted by molar-refractivity contribution is -0.139. The number of amides is 1. The highest BCUT2D eigenvalue weighted by atomic mass is 35.5. The van der Waals surface area contributed by atoms with Crippen LogP contribution in [0.5, 0.6) is 5.75 Å². The molecule has 1 unspecified atom stereocenters. The van der Waals surface area contributed by atoms with Gasteiger partial charge >= 0.3 is 0 Å². The fourth-order valence-electron chi connectivity index (χ4n) is 4.08. The molecule has 1 amide bonds. The van der Waals surface area contributed by atoms with Crippen molar-refractivity contribution in [2.45, 2.75) is 25.8 Å². The van der Waals surface area contributed by atoms with E-state index < -0.39 is 17.7 Å². The fraction of sp³-hybridized carbons (Fsp3) is 0.214. The second-order valence-electron chi connectivity index (χ2n) is 8.15. The summed E-state index contributed by atoms with van der Waals surface area (Å²) in [6.07, 6.45) is 1.48. The molecule has 1 heterocycles. The van der Waals surface area contributed by atoms with Gasteiger partial charge in [0.05, 0.1) is 18.2 Å². The van der Waals surface area contributed by atoms with Crippen LogP contribution in [-0.2, 0) is 16.0 Å². The van der Waals surface area contributed by atoms with Crippen LogP contribution < -0.4 is 4.74 Å². The molecular weight excluding hydrogens is 450 g/mol. The molecule has 0 saturated carbocycles. The summed E-state index contributed by atoms with van der Waals surface area (Å²) in [4.78, 5) is 27.8. The van der Waals surface area contributed by atoms with Crippen LogP contribution in [0.15, 0.2) is 84.4 Å². The first kappa shape index (κ1) is 23.6. The van der Waals surface area contributed by atoms with Gasteiger partial charge in [-0.05, 0) is 60.4 Å². The Morgan fingerprint density at radius 3 is 2.29 bits per heavy atom. The van der Waals surface area contributed by atoms with Crippen LogP contribution in [0.2, 0.25) is 5.02 Å². The number of aliphatic hydroxyl groups excluding tert-OH is 1. The molecule has 174 valence electrons. The molecule has 6 heteroatoms. The average Bonchev–Trinajstić information content (AvgIpc) is 3.12. The van der Waals surface area contributed by atoms with Gasteiger partial charge in [0.25, 0.3) is 11.7 Å². The Kier molecular flexibility index (Phi) is 7.33. The molecule has 4 rings (SSSR count). The second kappa shape index (κ2) is 10.6. The predicted molar refractivity (Wildman–Crippen MR) is 133 cm³/mol. The van der Waals surface area contributed by atoms with Crippen molar-refractivity contribution in [1.29, 1.82) is 0 Å². The summed E-state index contributed by atoms with van der Waals surface area (Å²) in [5.74, 6) is -0.822. The zero-order chi connectivity index (χ0) is 24.1. The molecule has 1 N–H and O–H groups in total. The standard InChI is InChI=1S/C28H26ClNO4/c1-2-18-34-23-14-10-20(11-15-23)25-24(26(31)21-8-12-22(29)13-9-21)27(32)28(33)30(25)17-16-19-6-4-3-5-7-19/h3-15,25,31H,2,16-18H2,1H3. The van der Waals surface area contributed by atoms with Gasteiger partial charge in [0.2, 0.25) is 0 Å². The zero-order valence-electron chi connectivity index (χ0n) is 18.9. The largest absolute Gasteiger partial charge is 0.507 e. The first-order chi connectivity index (χ1) is 16.5. The van der Waals surface area contributed by atoms with Crippen molar-refractivity contribution in [3.05, 3.63) is 106 Å². The Morgan fingerprint density at radius 1 is 0.971 bits per heavy atom. The molecule has 5 nitrogen and oxygen atoms in total. The SMILES string of the molecule is CCCOc1ccc(C2C(=C(O)c3ccc(Cl)cc3)C(=O)C(=O)N2CCc2ccccc2)cc1. The molecule has 1 atom stereocenters. The molecule has 3 aromatic carbocycles. The molecule has 1 aliphatic rings. The lowest BCUT2D eigenvalue weighted by atomic mass is 9.95. The highest BCUT2D eigenvalue weighted by Gasteiger charge is 2.45. The highest BCUT2D eigenvalue weighted by molar-refractivity contribution is 6.46. The average molecular weight is 476 g/mol. The molecule has 0 radical (unpaired) electrons. The maximum atomic E-state index is 13.1. The summed E-state index contributed by atoms with van der Waals surface area (Å²) in [6.45, 7) is 2.97. The fourth-order valence-corrected chi connectivity index (χ4v) is 4.21. The molecule has 1 saturated heterocycles. The number of nitrogens with zero attached hydrogens (tertiary/aromatic N) is 1. The number of hydrogen-bond donors (Lipinski definition) is 1. The van der Waals surface area contributed by atoms with E-state index in [2.05, 4.69) is 0 Å². The molecule has 0 aromatic heterocycles. The number of likely N-dealkylation sites (tertiary alicyclic amines) is 1. The summed E-state index contributed by atoms with van der Waals surface area (Å²) in [5.41, 5.74) is 2.29. The van der Waals surface area contributed by atoms with Crippen LogP contribution in [0, 0.1) is 0 Å². The van der Waals surface area contributed by atoms with Crippen LogP contribution in [0.4, 0.5) is 0 Å². The van der Waals surface area contributed by atoms with Gasteiger partial charge in [0.1, 0.15) is 11.5 Å². The Morgan fingerprint density at radius 2 is 1.65 bits per heavy atom. The van der Waals surface area contributed by atoms with Crippen molar-refractivity contribution in [1.82, 2.24) is 4.90 Å². The van der Waals surface area contributed by atoms with Gasteiger partial charge in [0.15, 0.2) is 0 Å². The van der Waals surface area contributed by atoms with E-state index >= 15 is 0 Å². The van der Waals surface area contributed by atoms with Crippen LogP contribution in [0.25, 0.3) is 5.76 Å². The minimum absolute atomic E-state index is 0.0719. The third-order valence-corrected chi connectivity index (χ3v) is 6.06. The number of carbonyl (C=O) groups excluding carboxylic acids is 2. The van der Waals surface area contributed by atoms with Crippen molar-refractivity contribution >= 4 is 29.1 Å².